The highest BCUT2D eigenvalue weighted by atomic mass is 19.4. The fourth-order valence-corrected chi connectivity index (χ4v) is 3.24. The molecule has 5 N–H and O–H groups in total. The Morgan fingerprint density at radius 1 is 1.09 bits per heavy atom. The summed E-state index contributed by atoms with van der Waals surface area (Å²) < 4.78 is 42.7. The lowest BCUT2D eigenvalue weighted by Crippen LogP contribution is -2.25. The number of alkyl halides is 3. The molecular formula is C21H20F3N9O2. The van der Waals surface area contributed by atoms with Crippen LogP contribution in [0.2, 0.25) is 0 Å². The molecule has 0 aliphatic rings. The first-order valence-corrected chi connectivity index (χ1v) is 10.1. The number of rotatable bonds is 6. The van der Waals surface area contributed by atoms with Gasteiger partial charge in [0.15, 0.2) is 11.5 Å². The smallest absolute Gasteiger partial charge is 0.409 e. The molecule has 0 aliphatic carbocycles. The number of hydrogen-bond acceptors (Lipinski definition) is 9. The zero-order valence-electron chi connectivity index (χ0n) is 18.5. The van der Waals surface area contributed by atoms with Crippen molar-refractivity contribution in [2.45, 2.75) is 32.2 Å². The molecule has 14 heteroatoms. The quantitative estimate of drug-likeness (QED) is 0.139. The van der Waals surface area contributed by atoms with Gasteiger partial charge in [-0.25, -0.2) is 24.9 Å². The molecule has 35 heavy (non-hydrogen) atoms. The standard InChI is InChI=1S/C21H20F3N9O2/c1-20(2,34)9-33-10-29-14-5-13(21(22,23)24)17(31-19(14)33)30-15-4-3-11(6-26-15)12-7-27-18(28-8-12)16(25)32-35/h3-8,10,34-35H,9H2,1-2H3,(H2,25,32)(H,26,30,31). The largest absolute Gasteiger partial charge is 0.420 e. The van der Waals surface area contributed by atoms with E-state index in [0.29, 0.717) is 11.1 Å². The summed E-state index contributed by atoms with van der Waals surface area (Å²) in [4.78, 5) is 20.3. The van der Waals surface area contributed by atoms with Gasteiger partial charge in [0, 0.05) is 29.7 Å². The number of aromatic nitrogens is 6. The van der Waals surface area contributed by atoms with Crippen molar-refractivity contribution in [2.75, 3.05) is 5.32 Å². The molecule has 0 bridgehead atoms. The summed E-state index contributed by atoms with van der Waals surface area (Å²) >= 11 is 0. The number of nitrogens with two attached hydrogens (primary N) is 1. The summed E-state index contributed by atoms with van der Waals surface area (Å²) in [5, 5.41) is 24.2. The number of imidazole rings is 1. The van der Waals surface area contributed by atoms with Crippen molar-refractivity contribution in [3.05, 3.63) is 54.5 Å². The molecule has 4 aromatic rings. The minimum absolute atomic E-state index is 0.0347. The number of aliphatic hydroxyl groups is 1. The maximum Gasteiger partial charge on any atom is 0.420 e. The van der Waals surface area contributed by atoms with E-state index in [9.17, 15) is 18.3 Å². The minimum Gasteiger partial charge on any atom is -0.409 e. The Bertz CT molecular complexity index is 1380. The predicted molar refractivity (Wildman–Crippen MR) is 120 cm³/mol. The molecule has 11 nitrogen and oxygen atoms in total. The Morgan fingerprint density at radius 2 is 1.77 bits per heavy atom. The number of oxime groups is 1. The van der Waals surface area contributed by atoms with Crippen LogP contribution >= 0.6 is 0 Å². The maximum atomic E-state index is 13.7. The molecule has 0 aromatic carbocycles. The number of nitrogens with one attached hydrogen (secondary N) is 1. The first-order valence-electron chi connectivity index (χ1n) is 10.1. The number of pyridine rings is 2. The van der Waals surface area contributed by atoms with Crippen LogP contribution in [0.1, 0.15) is 25.2 Å². The summed E-state index contributed by atoms with van der Waals surface area (Å²) in [5.74, 6) is -0.543. The van der Waals surface area contributed by atoms with Gasteiger partial charge in [-0.3, -0.25) is 0 Å². The highest BCUT2D eigenvalue weighted by molar-refractivity contribution is 5.93. The Morgan fingerprint density at radius 3 is 2.34 bits per heavy atom. The molecule has 0 fully saturated rings. The number of amidine groups is 1. The second-order valence-corrected chi connectivity index (χ2v) is 8.25. The minimum atomic E-state index is -4.69. The molecule has 4 heterocycles. The van der Waals surface area contributed by atoms with Crippen LogP contribution in [0.5, 0.6) is 0 Å². The second-order valence-electron chi connectivity index (χ2n) is 8.25. The summed E-state index contributed by atoms with van der Waals surface area (Å²) in [6.45, 7) is 3.23. The van der Waals surface area contributed by atoms with Crippen molar-refractivity contribution >= 4 is 28.6 Å². The second kappa shape index (κ2) is 8.79. The summed E-state index contributed by atoms with van der Waals surface area (Å²) in [5.41, 5.74) is 4.69. The maximum absolute atomic E-state index is 13.7. The Kier molecular flexibility index (Phi) is 5.98. The van der Waals surface area contributed by atoms with Crippen molar-refractivity contribution in [3.63, 3.8) is 0 Å². The van der Waals surface area contributed by atoms with Crippen LogP contribution in [0, 0.1) is 0 Å². The van der Waals surface area contributed by atoms with Crippen LogP contribution in [-0.2, 0) is 12.7 Å². The van der Waals surface area contributed by atoms with Gasteiger partial charge in [0.25, 0.3) is 0 Å². The van der Waals surface area contributed by atoms with Crippen LogP contribution in [0.3, 0.4) is 0 Å². The lowest BCUT2D eigenvalue weighted by Gasteiger charge is -2.18. The zero-order valence-corrected chi connectivity index (χ0v) is 18.5. The molecule has 4 aromatic heterocycles. The highest BCUT2D eigenvalue weighted by Gasteiger charge is 2.36. The average molecular weight is 487 g/mol. The van der Waals surface area contributed by atoms with Crippen LogP contribution < -0.4 is 11.1 Å². The fourth-order valence-electron chi connectivity index (χ4n) is 3.24. The van der Waals surface area contributed by atoms with E-state index in [1.165, 1.54) is 35.6 Å². The van der Waals surface area contributed by atoms with Gasteiger partial charge < -0.3 is 25.9 Å². The molecule has 0 saturated carbocycles. The summed E-state index contributed by atoms with van der Waals surface area (Å²) in [6.07, 6.45) is 0.938. The van der Waals surface area contributed by atoms with Gasteiger partial charge in [-0.05, 0) is 32.0 Å². The molecule has 0 atom stereocenters. The number of fused-ring (bicyclic) bond motifs is 1. The molecule has 0 saturated heterocycles. The summed E-state index contributed by atoms with van der Waals surface area (Å²) in [6, 6.07) is 3.99. The van der Waals surface area contributed by atoms with Gasteiger partial charge in [0.1, 0.15) is 22.7 Å². The molecule has 0 aliphatic heterocycles. The van der Waals surface area contributed by atoms with Crippen LogP contribution in [-0.4, -0.2) is 51.2 Å². The normalized spacial score (nSPS) is 12.8. The van der Waals surface area contributed by atoms with E-state index in [4.69, 9.17) is 10.9 Å². The van der Waals surface area contributed by atoms with E-state index in [1.807, 2.05) is 0 Å². The molecule has 0 unspecified atom stereocenters. The van der Waals surface area contributed by atoms with E-state index >= 15 is 0 Å². The lowest BCUT2D eigenvalue weighted by atomic mass is 10.1. The Labute approximate surface area is 196 Å². The Balaban J connectivity index is 1.65. The van der Waals surface area contributed by atoms with E-state index in [-0.39, 0.29) is 35.2 Å². The topological polar surface area (TPSA) is 160 Å². The van der Waals surface area contributed by atoms with Gasteiger partial charge in [0.2, 0.25) is 5.84 Å². The third kappa shape index (κ3) is 5.27. The number of anilines is 2. The van der Waals surface area contributed by atoms with Crippen molar-refractivity contribution in [3.8, 4) is 11.1 Å². The van der Waals surface area contributed by atoms with E-state index in [1.54, 1.807) is 19.9 Å². The number of halogens is 3. The van der Waals surface area contributed by atoms with Crippen molar-refractivity contribution in [2.24, 2.45) is 10.9 Å². The monoisotopic (exact) mass is 487 g/mol. The van der Waals surface area contributed by atoms with Gasteiger partial charge in [0.05, 0.1) is 18.5 Å². The van der Waals surface area contributed by atoms with Crippen LogP contribution in [0.4, 0.5) is 24.8 Å². The molecule has 182 valence electrons. The lowest BCUT2D eigenvalue weighted by molar-refractivity contribution is -0.137. The highest BCUT2D eigenvalue weighted by Crippen LogP contribution is 2.36. The van der Waals surface area contributed by atoms with Crippen molar-refractivity contribution in [1.29, 1.82) is 0 Å². The molecular weight excluding hydrogens is 467 g/mol. The summed E-state index contributed by atoms with van der Waals surface area (Å²) in [7, 11) is 0. The van der Waals surface area contributed by atoms with Crippen molar-refractivity contribution in [1.82, 2.24) is 29.5 Å². The fraction of sp³-hybridized carbons (Fsp3) is 0.238. The van der Waals surface area contributed by atoms with Gasteiger partial charge >= 0.3 is 6.18 Å². The molecule has 0 amide bonds. The van der Waals surface area contributed by atoms with Crippen LogP contribution in [0.15, 0.2) is 48.3 Å². The number of hydrogen-bond donors (Lipinski definition) is 4. The SMILES string of the molecule is CC(C)(O)Cn1cnc2cc(C(F)(F)F)c(Nc3ccc(-c4cnc(/C(N)=N/O)nc4)cn3)nc21. The number of nitrogens with zero attached hydrogens (tertiary/aromatic N) is 7. The molecule has 0 radical (unpaired) electrons. The average Bonchev–Trinajstić information content (AvgIpc) is 3.18. The van der Waals surface area contributed by atoms with E-state index in [0.717, 1.165) is 6.07 Å². The molecule has 4 rings (SSSR count). The third-order valence-corrected chi connectivity index (χ3v) is 4.79. The van der Waals surface area contributed by atoms with Gasteiger partial charge in [-0.2, -0.15) is 13.2 Å². The first kappa shape index (κ1) is 23.8. The van der Waals surface area contributed by atoms with Gasteiger partial charge in [-0.1, -0.05) is 5.16 Å². The Hall–Kier alpha value is -4.33. The predicted octanol–water partition coefficient (Wildman–Crippen LogP) is 2.91. The van der Waals surface area contributed by atoms with Crippen molar-refractivity contribution < 1.29 is 23.5 Å². The van der Waals surface area contributed by atoms with E-state index in [2.05, 4.69) is 35.4 Å². The third-order valence-electron chi connectivity index (χ3n) is 4.79. The van der Waals surface area contributed by atoms with Crippen LogP contribution in [0.25, 0.3) is 22.3 Å². The van der Waals surface area contributed by atoms with Gasteiger partial charge in [-0.15, -0.1) is 0 Å². The zero-order chi connectivity index (χ0) is 25.4. The molecule has 0 spiro atoms. The van der Waals surface area contributed by atoms with E-state index < -0.39 is 23.2 Å². The first-order chi connectivity index (χ1) is 16.4.